The second-order valence-electron chi connectivity index (χ2n) is 6.41. The van der Waals surface area contributed by atoms with Gasteiger partial charge in [-0.3, -0.25) is 4.79 Å². The van der Waals surface area contributed by atoms with Crippen molar-refractivity contribution in [1.82, 2.24) is 9.62 Å². The van der Waals surface area contributed by atoms with E-state index in [9.17, 15) is 26.4 Å². The minimum Gasteiger partial charge on any atom is -0.348 e. The van der Waals surface area contributed by atoms with Crippen molar-refractivity contribution in [2.45, 2.75) is 31.5 Å². The lowest BCUT2D eigenvalue weighted by atomic mass is 10.1. The topological polar surface area (TPSA) is 66.5 Å². The van der Waals surface area contributed by atoms with E-state index in [1.54, 1.807) is 26.0 Å². The molecule has 162 valence electrons. The van der Waals surface area contributed by atoms with Crippen LogP contribution in [0, 0.1) is 0 Å². The second kappa shape index (κ2) is 9.90. The molecule has 0 saturated heterocycles. The van der Waals surface area contributed by atoms with Crippen molar-refractivity contribution in [3.63, 3.8) is 0 Å². The van der Waals surface area contributed by atoms with E-state index in [2.05, 4.69) is 5.32 Å². The van der Waals surface area contributed by atoms with Crippen LogP contribution < -0.4 is 5.32 Å². The molecule has 0 spiro atoms. The van der Waals surface area contributed by atoms with Crippen molar-refractivity contribution >= 4 is 22.0 Å². The number of carbonyl (C=O) groups excluding carboxylic acids is 1. The number of sulfonamides is 1. The number of nitrogens with one attached hydrogen (secondary N) is 1. The lowest BCUT2D eigenvalue weighted by molar-refractivity contribution is -0.137. The quantitative estimate of drug-likeness (QED) is 0.630. The summed E-state index contributed by atoms with van der Waals surface area (Å²) in [4.78, 5) is 12.1. The lowest BCUT2D eigenvalue weighted by Gasteiger charge is -2.18. The van der Waals surface area contributed by atoms with Crippen LogP contribution in [0.5, 0.6) is 0 Å². The minimum absolute atomic E-state index is 0.0475. The number of halogens is 3. The molecule has 30 heavy (non-hydrogen) atoms. The molecule has 2 rings (SSSR count). The Morgan fingerprint density at radius 3 is 2.27 bits per heavy atom. The third kappa shape index (κ3) is 6.17. The molecule has 0 heterocycles. The molecule has 9 heteroatoms. The summed E-state index contributed by atoms with van der Waals surface area (Å²) in [5.74, 6) is -0.479. The van der Waals surface area contributed by atoms with Gasteiger partial charge < -0.3 is 5.32 Å². The van der Waals surface area contributed by atoms with Gasteiger partial charge in [0.2, 0.25) is 15.9 Å². The minimum atomic E-state index is -4.44. The van der Waals surface area contributed by atoms with Crippen LogP contribution in [0.3, 0.4) is 0 Å². The predicted octanol–water partition coefficient (Wildman–Crippen LogP) is 4.07. The van der Waals surface area contributed by atoms with E-state index >= 15 is 0 Å². The van der Waals surface area contributed by atoms with Crippen LogP contribution in [0.25, 0.3) is 6.08 Å². The molecule has 0 saturated carbocycles. The zero-order chi connectivity index (χ0) is 22.4. The van der Waals surface area contributed by atoms with Gasteiger partial charge in [-0.25, -0.2) is 8.42 Å². The van der Waals surface area contributed by atoms with Crippen LogP contribution in [0.15, 0.2) is 59.5 Å². The Bertz CT molecular complexity index is 997. The molecule has 5 nitrogen and oxygen atoms in total. The molecular formula is C21H23F3N2O3S. The second-order valence-corrected chi connectivity index (χ2v) is 8.35. The van der Waals surface area contributed by atoms with E-state index in [0.29, 0.717) is 24.2 Å². The number of carbonyl (C=O) groups is 1. The molecule has 0 aliphatic carbocycles. The van der Waals surface area contributed by atoms with E-state index in [4.69, 9.17) is 0 Å². The zero-order valence-corrected chi connectivity index (χ0v) is 17.4. The van der Waals surface area contributed by atoms with Crippen molar-refractivity contribution in [1.29, 1.82) is 0 Å². The van der Waals surface area contributed by atoms with Crippen molar-refractivity contribution in [2.75, 3.05) is 13.1 Å². The van der Waals surface area contributed by atoms with Gasteiger partial charge in [0, 0.05) is 25.7 Å². The third-order valence-corrected chi connectivity index (χ3v) is 6.44. The summed E-state index contributed by atoms with van der Waals surface area (Å²) in [6.07, 6.45) is -1.71. The Kier molecular flexibility index (Phi) is 7.80. The van der Waals surface area contributed by atoms with Gasteiger partial charge in [0.25, 0.3) is 0 Å². The van der Waals surface area contributed by atoms with Crippen LogP contribution in [0.4, 0.5) is 13.2 Å². The van der Waals surface area contributed by atoms with E-state index in [0.717, 1.165) is 12.1 Å². The van der Waals surface area contributed by atoms with Crippen LogP contribution >= 0.6 is 0 Å². The maximum Gasteiger partial charge on any atom is 0.416 e. The molecular weight excluding hydrogens is 417 g/mol. The van der Waals surface area contributed by atoms with E-state index in [1.807, 2.05) is 0 Å². The molecule has 0 aliphatic rings. The Balaban J connectivity index is 1.99. The normalized spacial score (nSPS) is 12.5. The smallest absolute Gasteiger partial charge is 0.348 e. The molecule has 1 N–H and O–H groups in total. The van der Waals surface area contributed by atoms with Gasteiger partial charge in [-0.05, 0) is 41.5 Å². The van der Waals surface area contributed by atoms with Gasteiger partial charge in [0.05, 0.1) is 10.5 Å². The number of nitrogens with zero attached hydrogens (tertiary/aromatic N) is 1. The molecule has 1 amide bonds. The molecule has 0 aromatic heterocycles. The maximum atomic E-state index is 12.7. The van der Waals surface area contributed by atoms with Crippen molar-refractivity contribution < 1.29 is 26.4 Å². The first-order chi connectivity index (χ1) is 14.1. The third-order valence-electron chi connectivity index (χ3n) is 4.37. The van der Waals surface area contributed by atoms with Gasteiger partial charge in [0.1, 0.15) is 0 Å². The highest BCUT2D eigenvalue weighted by atomic mass is 32.2. The summed E-state index contributed by atoms with van der Waals surface area (Å²) in [7, 11) is -3.55. The number of amides is 1. The summed E-state index contributed by atoms with van der Waals surface area (Å²) >= 11 is 0. The summed E-state index contributed by atoms with van der Waals surface area (Å²) in [5, 5.41) is 2.52. The van der Waals surface area contributed by atoms with Crippen LogP contribution in [0.2, 0.25) is 0 Å². The Morgan fingerprint density at radius 1 is 1.07 bits per heavy atom. The number of hydrogen-bond acceptors (Lipinski definition) is 3. The summed E-state index contributed by atoms with van der Waals surface area (Å²) in [6.45, 7) is 4.21. The largest absolute Gasteiger partial charge is 0.416 e. The molecule has 0 bridgehead atoms. The molecule has 2 aromatic carbocycles. The zero-order valence-electron chi connectivity index (χ0n) is 16.6. The molecule has 2 aromatic rings. The molecule has 0 atom stereocenters. The average Bonchev–Trinajstić information content (AvgIpc) is 2.71. The first-order valence-electron chi connectivity index (χ1n) is 9.30. The highest BCUT2D eigenvalue weighted by Gasteiger charge is 2.30. The van der Waals surface area contributed by atoms with Gasteiger partial charge in [-0.2, -0.15) is 17.5 Å². The Labute approximate surface area is 174 Å². The predicted molar refractivity (Wildman–Crippen MR) is 109 cm³/mol. The fourth-order valence-corrected chi connectivity index (χ4v) is 4.20. The fourth-order valence-electron chi connectivity index (χ4n) is 2.74. The van der Waals surface area contributed by atoms with Crippen molar-refractivity contribution in [3.8, 4) is 0 Å². The van der Waals surface area contributed by atoms with Gasteiger partial charge in [0.15, 0.2) is 0 Å². The SMILES string of the molecule is CCN(CC)S(=O)(=O)c1ccc(/C=C/C(=O)NCc2cccc(C(F)(F)F)c2)cc1. The summed E-state index contributed by atoms with van der Waals surface area (Å²) in [5.41, 5.74) is 0.171. The molecule has 0 fully saturated rings. The van der Waals surface area contributed by atoms with Crippen LogP contribution in [0.1, 0.15) is 30.5 Å². The van der Waals surface area contributed by atoms with Gasteiger partial charge in [-0.1, -0.05) is 38.1 Å². The highest BCUT2D eigenvalue weighted by Crippen LogP contribution is 2.29. The van der Waals surface area contributed by atoms with Crippen LogP contribution in [-0.2, 0) is 27.5 Å². The molecule has 0 unspecified atom stereocenters. The van der Waals surface area contributed by atoms with Gasteiger partial charge in [-0.15, -0.1) is 0 Å². The Hall–Kier alpha value is -2.65. The van der Waals surface area contributed by atoms with E-state index in [-0.39, 0.29) is 11.4 Å². The fraction of sp³-hybridized carbons (Fsp3) is 0.286. The molecule has 0 radical (unpaired) electrons. The number of rotatable bonds is 8. The lowest BCUT2D eigenvalue weighted by Crippen LogP contribution is -2.30. The molecule has 0 aliphatic heterocycles. The Morgan fingerprint density at radius 2 is 1.70 bits per heavy atom. The maximum absolute atomic E-state index is 12.7. The van der Waals surface area contributed by atoms with Crippen molar-refractivity contribution in [3.05, 3.63) is 71.3 Å². The first-order valence-corrected chi connectivity index (χ1v) is 10.7. The van der Waals surface area contributed by atoms with E-state index < -0.39 is 27.7 Å². The monoisotopic (exact) mass is 440 g/mol. The average molecular weight is 440 g/mol. The van der Waals surface area contributed by atoms with Gasteiger partial charge >= 0.3 is 6.18 Å². The standard InChI is InChI=1S/C21H23F3N2O3S/c1-3-26(4-2)30(28,29)19-11-8-16(9-12-19)10-13-20(27)25-15-17-6-5-7-18(14-17)21(22,23)24/h5-14H,3-4,15H2,1-2H3,(H,25,27)/b13-10+. The highest BCUT2D eigenvalue weighted by molar-refractivity contribution is 7.89. The van der Waals surface area contributed by atoms with E-state index in [1.165, 1.54) is 40.7 Å². The first kappa shape index (κ1) is 23.6. The number of benzene rings is 2. The number of alkyl halides is 3. The van der Waals surface area contributed by atoms with Crippen molar-refractivity contribution in [2.24, 2.45) is 0 Å². The summed E-state index contributed by atoms with van der Waals surface area (Å²) < 4.78 is 64.4. The summed E-state index contributed by atoms with van der Waals surface area (Å²) in [6, 6.07) is 10.8. The number of hydrogen-bond donors (Lipinski definition) is 1. The van der Waals surface area contributed by atoms with Crippen LogP contribution in [-0.4, -0.2) is 31.7 Å².